The lowest BCUT2D eigenvalue weighted by molar-refractivity contribution is -0.384. The zero-order chi connectivity index (χ0) is 20.8. The standard InChI is InChI=1S/C22H23N5O2/c1-15-13-16(2)25-22(21(15)27(28)29)24-14-17-6-8-18(9-7-17)20-11-10-19(26-20)5-3-4-12-23/h6-11,13,26H,3-5,14H2,1-2H3,(H,24,25). The van der Waals surface area contributed by atoms with Crippen LogP contribution in [0.3, 0.4) is 0 Å². The fourth-order valence-electron chi connectivity index (χ4n) is 3.28. The summed E-state index contributed by atoms with van der Waals surface area (Å²) in [6.45, 7) is 3.99. The summed E-state index contributed by atoms with van der Waals surface area (Å²) in [7, 11) is 0. The van der Waals surface area contributed by atoms with Crippen molar-refractivity contribution in [2.75, 3.05) is 5.32 Å². The molecule has 0 saturated carbocycles. The molecule has 2 N–H and O–H groups in total. The van der Waals surface area contributed by atoms with Gasteiger partial charge in [-0.1, -0.05) is 24.3 Å². The van der Waals surface area contributed by atoms with E-state index >= 15 is 0 Å². The van der Waals surface area contributed by atoms with Crippen LogP contribution < -0.4 is 5.32 Å². The van der Waals surface area contributed by atoms with Gasteiger partial charge in [0.05, 0.1) is 11.0 Å². The number of aromatic amines is 1. The number of nitro groups is 1. The van der Waals surface area contributed by atoms with Gasteiger partial charge >= 0.3 is 5.69 Å². The van der Waals surface area contributed by atoms with Gasteiger partial charge in [-0.05, 0) is 56.0 Å². The molecule has 3 rings (SSSR count). The number of unbranched alkanes of at least 4 members (excludes halogenated alkanes) is 1. The minimum absolute atomic E-state index is 0.0162. The first-order valence-corrected chi connectivity index (χ1v) is 9.48. The molecule has 0 aliphatic rings. The van der Waals surface area contributed by atoms with Gasteiger partial charge in [0.2, 0.25) is 5.82 Å². The molecule has 7 heteroatoms. The smallest absolute Gasteiger partial charge is 0.314 e. The normalized spacial score (nSPS) is 10.5. The zero-order valence-corrected chi connectivity index (χ0v) is 16.5. The molecule has 3 aromatic rings. The Kier molecular flexibility index (Phi) is 6.25. The Morgan fingerprint density at radius 1 is 1.21 bits per heavy atom. The van der Waals surface area contributed by atoms with Crippen LogP contribution in [-0.4, -0.2) is 14.9 Å². The first-order valence-electron chi connectivity index (χ1n) is 9.48. The van der Waals surface area contributed by atoms with Gasteiger partial charge in [-0.3, -0.25) is 10.1 Å². The Balaban J connectivity index is 1.68. The zero-order valence-electron chi connectivity index (χ0n) is 16.5. The number of aromatic nitrogens is 2. The van der Waals surface area contributed by atoms with Crippen molar-refractivity contribution >= 4 is 11.5 Å². The molecule has 0 fully saturated rings. The molecular weight excluding hydrogens is 366 g/mol. The van der Waals surface area contributed by atoms with Gasteiger partial charge in [-0.25, -0.2) is 4.98 Å². The largest absolute Gasteiger partial charge is 0.360 e. The van der Waals surface area contributed by atoms with Crippen LogP contribution in [-0.2, 0) is 13.0 Å². The molecule has 148 valence electrons. The molecule has 29 heavy (non-hydrogen) atoms. The topological polar surface area (TPSA) is 108 Å². The van der Waals surface area contributed by atoms with Crippen molar-refractivity contribution in [3.05, 3.63) is 75.1 Å². The number of rotatable bonds is 8. The number of hydrogen-bond donors (Lipinski definition) is 2. The fourth-order valence-corrected chi connectivity index (χ4v) is 3.28. The lowest BCUT2D eigenvalue weighted by Crippen LogP contribution is -2.07. The Labute approximate surface area is 169 Å². The molecule has 0 radical (unpaired) electrons. The predicted octanol–water partition coefficient (Wildman–Crippen LogP) is 5.06. The number of nitrogens with zero attached hydrogens (tertiary/aromatic N) is 3. The Morgan fingerprint density at radius 2 is 1.97 bits per heavy atom. The quantitative estimate of drug-likeness (QED) is 0.318. The van der Waals surface area contributed by atoms with Crippen molar-refractivity contribution in [1.82, 2.24) is 9.97 Å². The number of hydrogen-bond acceptors (Lipinski definition) is 5. The van der Waals surface area contributed by atoms with E-state index < -0.39 is 4.92 Å². The molecule has 2 heterocycles. The number of H-pyrrole nitrogens is 1. The maximum absolute atomic E-state index is 11.4. The summed E-state index contributed by atoms with van der Waals surface area (Å²) in [6, 6.07) is 16.0. The summed E-state index contributed by atoms with van der Waals surface area (Å²) < 4.78 is 0. The van der Waals surface area contributed by atoms with E-state index in [9.17, 15) is 10.1 Å². The highest BCUT2D eigenvalue weighted by atomic mass is 16.6. The summed E-state index contributed by atoms with van der Waals surface area (Å²) in [5.74, 6) is 0.294. The first-order chi connectivity index (χ1) is 14.0. The van der Waals surface area contributed by atoms with Gasteiger partial charge in [-0.15, -0.1) is 0 Å². The van der Waals surface area contributed by atoms with Gasteiger partial charge in [0.25, 0.3) is 0 Å². The SMILES string of the molecule is Cc1cc(C)c([N+](=O)[O-])c(NCc2ccc(-c3ccc(CCCC#N)[nH]3)cc2)n1. The minimum atomic E-state index is -0.396. The average molecular weight is 389 g/mol. The summed E-state index contributed by atoms with van der Waals surface area (Å²) in [6.07, 6.45) is 2.26. The third kappa shape index (κ3) is 4.99. The van der Waals surface area contributed by atoms with Crippen LogP contribution in [0.5, 0.6) is 0 Å². The van der Waals surface area contributed by atoms with Crippen LogP contribution in [0, 0.1) is 35.3 Å². The van der Waals surface area contributed by atoms with Crippen molar-refractivity contribution in [3.63, 3.8) is 0 Å². The van der Waals surface area contributed by atoms with Crippen molar-refractivity contribution < 1.29 is 4.92 Å². The van der Waals surface area contributed by atoms with Gasteiger partial charge in [0, 0.05) is 35.6 Å². The number of anilines is 1. The van der Waals surface area contributed by atoms with Gasteiger partial charge < -0.3 is 10.3 Å². The fraction of sp³-hybridized carbons (Fsp3) is 0.273. The second kappa shape index (κ2) is 9.02. The molecule has 0 aliphatic heterocycles. The number of aryl methyl sites for hydroxylation is 3. The van der Waals surface area contributed by atoms with Crippen molar-refractivity contribution in [2.24, 2.45) is 0 Å². The number of nitriles is 1. The molecule has 0 atom stereocenters. The van der Waals surface area contributed by atoms with Crippen molar-refractivity contribution in [3.8, 4) is 17.3 Å². The summed E-state index contributed by atoms with van der Waals surface area (Å²) in [5, 5.41) is 23.1. The lowest BCUT2D eigenvalue weighted by Gasteiger charge is -2.09. The van der Waals surface area contributed by atoms with Crippen LogP contribution >= 0.6 is 0 Å². The van der Waals surface area contributed by atoms with Crippen LogP contribution in [0.2, 0.25) is 0 Å². The minimum Gasteiger partial charge on any atom is -0.360 e. The summed E-state index contributed by atoms with van der Waals surface area (Å²) in [4.78, 5) is 18.6. The van der Waals surface area contributed by atoms with E-state index in [2.05, 4.69) is 21.4 Å². The Hall–Kier alpha value is -3.66. The molecule has 0 aliphatic carbocycles. The Morgan fingerprint density at radius 3 is 2.66 bits per heavy atom. The van der Waals surface area contributed by atoms with E-state index in [0.717, 1.165) is 41.1 Å². The molecule has 7 nitrogen and oxygen atoms in total. The van der Waals surface area contributed by atoms with Gasteiger partial charge in [-0.2, -0.15) is 5.26 Å². The maximum atomic E-state index is 11.4. The summed E-state index contributed by atoms with van der Waals surface area (Å²) >= 11 is 0. The van der Waals surface area contributed by atoms with Crippen LogP contribution in [0.4, 0.5) is 11.5 Å². The first kappa shape index (κ1) is 20.1. The number of nitrogens with one attached hydrogen (secondary N) is 2. The molecule has 1 aromatic carbocycles. The van der Waals surface area contributed by atoms with Crippen molar-refractivity contribution in [2.45, 2.75) is 39.7 Å². The van der Waals surface area contributed by atoms with E-state index in [1.165, 1.54) is 0 Å². The van der Waals surface area contributed by atoms with Crippen LogP contribution in [0.25, 0.3) is 11.3 Å². The number of pyridine rings is 1. The van der Waals surface area contributed by atoms with E-state index in [-0.39, 0.29) is 5.69 Å². The van der Waals surface area contributed by atoms with Crippen molar-refractivity contribution in [1.29, 1.82) is 5.26 Å². The van der Waals surface area contributed by atoms with E-state index in [4.69, 9.17) is 5.26 Å². The average Bonchev–Trinajstić information content (AvgIpc) is 3.15. The Bertz CT molecular complexity index is 1050. The molecular formula is C22H23N5O2. The van der Waals surface area contributed by atoms with Crippen LogP contribution in [0.1, 0.15) is 35.4 Å². The highest BCUT2D eigenvalue weighted by Crippen LogP contribution is 2.27. The highest BCUT2D eigenvalue weighted by molar-refractivity contribution is 5.62. The third-order valence-electron chi connectivity index (χ3n) is 4.70. The molecule has 0 unspecified atom stereocenters. The summed E-state index contributed by atoms with van der Waals surface area (Å²) in [5.41, 5.74) is 5.57. The van der Waals surface area contributed by atoms with E-state index in [0.29, 0.717) is 24.3 Å². The molecule has 0 bridgehead atoms. The van der Waals surface area contributed by atoms with E-state index in [1.54, 1.807) is 13.0 Å². The van der Waals surface area contributed by atoms with Gasteiger partial charge in [0.15, 0.2) is 0 Å². The molecule has 0 saturated heterocycles. The monoisotopic (exact) mass is 389 g/mol. The van der Waals surface area contributed by atoms with Crippen LogP contribution in [0.15, 0.2) is 42.5 Å². The third-order valence-corrected chi connectivity index (χ3v) is 4.70. The lowest BCUT2D eigenvalue weighted by atomic mass is 10.1. The molecule has 0 spiro atoms. The van der Waals surface area contributed by atoms with E-state index in [1.807, 2.05) is 43.3 Å². The predicted molar refractivity (Wildman–Crippen MR) is 112 cm³/mol. The highest BCUT2D eigenvalue weighted by Gasteiger charge is 2.19. The second-order valence-corrected chi connectivity index (χ2v) is 6.99. The molecule has 0 amide bonds. The number of benzene rings is 1. The maximum Gasteiger partial charge on any atom is 0.314 e. The van der Waals surface area contributed by atoms with Gasteiger partial charge in [0.1, 0.15) is 0 Å². The second-order valence-electron chi connectivity index (χ2n) is 6.99. The molecule has 2 aromatic heterocycles.